The highest BCUT2D eigenvalue weighted by atomic mass is 79.9. The van der Waals surface area contributed by atoms with Crippen LogP contribution in [0, 0.1) is 0 Å². The van der Waals surface area contributed by atoms with E-state index < -0.39 is 0 Å². The molecule has 9 heteroatoms. The summed E-state index contributed by atoms with van der Waals surface area (Å²) in [6.07, 6.45) is 0. The Labute approximate surface area is 189 Å². The SMILES string of the molecule is BrOc1c(Br)c(Br)c(Br)c(Br)c1-c1ccc(Br)c(Br)c1Br. The van der Waals surface area contributed by atoms with Crippen molar-refractivity contribution in [3.8, 4) is 16.9 Å². The van der Waals surface area contributed by atoms with Crippen molar-refractivity contribution >= 4 is 128 Å². The molecule has 0 spiro atoms. The zero-order valence-corrected chi connectivity index (χ0v) is 22.3. The van der Waals surface area contributed by atoms with E-state index in [9.17, 15) is 0 Å². The van der Waals surface area contributed by atoms with Gasteiger partial charge in [0.1, 0.15) is 0 Å². The second-order valence-corrected chi connectivity index (χ2v) is 9.70. The first-order valence-corrected chi connectivity index (χ1v) is 11.3. The zero-order valence-electron chi connectivity index (χ0n) is 9.59. The third kappa shape index (κ3) is 3.70. The van der Waals surface area contributed by atoms with E-state index in [0.717, 1.165) is 42.4 Å². The molecule has 0 amide bonds. The van der Waals surface area contributed by atoms with Gasteiger partial charge >= 0.3 is 0 Å². The lowest BCUT2D eigenvalue weighted by Gasteiger charge is -2.17. The van der Waals surface area contributed by atoms with E-state index in [2.05, 4.69) is 128 Å². The molecule has 0 atom stereocenters. The normalized spacial score (nSPS) is 10.9. The average Bonchev–Trinajstić information content (AvgIpc) is 2.47. The number of benzene rings is 2. The number of halogens is 8. The van der Waals surface area contributed by atoms with Gasteiger partial charge in [-0.25, -0.2) is 0 Å². The molecule has 2 aromatic rings. The highest BCUT2D eigenvalue weighted by Gasteiger charge is 2.24. The Kier molecular flexibility index (Phi) is 7.37. The summed E-state index contributed by atoms with van der Waals surface area (Å²) in [5.74, 6) is 0.659. The van der Waals surface area contributed by atoms with E-state index in [4.69, 9.17) is 3.83 Å². The number of rotatable bonds is 2. The molecule has 0 heterocycles. The molecule has 0 aliphatic heterocycles. The van der Waals surface area contributed by atoms with Gasteiger partial charge in [0.15, 0.2) is 22.0 Å². The molecule has 0 saturated carbocycles. The summed E-state index contributed by atoms with van der Waals surface area (Å²) >= 11 is 28.0. The summed E-state index contributed by atoms with van der Waals surface area (Å²) in [5.41, 5.74) is 1.87. The van der Waals surface area contributed by atoms with Crippen LogP contribution in [0.1, 0.15) is 0 Å². The van der Waals surface area contributed by atoms with Crippen molar-refractivity contribution in [3.63, 3.8) is 0 Å². The van der Waals surface area contributed by atoms with Gasteiger partial charge in [-0.1, -0.05) is 6.07 Å². The van der Waals surface area contributed by atoms with Gasteiger partial charge in [-0.05, 0) is 118 Å². The zero-order chi connectivity index (χ0) is 15.9. The van der Waals surface area contributed by atoms with Crippen molar-refractivity contribution in [1.82, 2.24) is 0 Å². The van der Waals surface area contributed by atoms with Gasteiger partial charge in [0.2, 0.25) is 0 Å². The van der Waals surface area contributed by atoms with Crippen LogP contribution in [0.25, 0.3) is 11.1 Å². The lowest BCUT2D eigenvalue weighted by atomic mass is 10.0. The van der Waals surface area contributed by atoms with Crippen molar-refractivity contribution in [2.24, 2.45) is 0 Å². The minimum absolute atomic E-state index is 0.659. The lowest BCUT2D eigenvalue weighted by Crippen LogP contribution is -1.92. The van der Waals surface area contributed by atoms with Crippen LogP contribution >= 0.6 is 128 Å². The summed E-state index contributed by atoms with van der Waals surface area (Å²) in [4.78, 5) is 0. The molecule has 2 aromatic carbocycles. The molecule has 0 saturated heterocycles. The fraction of sp³-hybridized carbons (Fsp3) is 0. The molecule has 0 aliphatic rings. The standard InChI is InChI=1S/C12H2Br8O/c13-4-2-1-3(6(14)7(4)15)5-8(16)9(17)10(18)11(19)12(5)21-20/h1-2H. The molecular formula is C12H2Br8O. The Balaban J connectivity index is 2.90. The van der Waals surface area contributed by atoms with Gasteiger partial charge < -0.3 is 3.83 Å². The summed E-state index contributed by atoms with van der Waals surface area (Å²) in [7, 11) is 0. The maximum atomic E-state index is 5.41. The summed E-state index contributed by atoms with van der Waals surface area (Å²) in [6.45, 7) is 0. The van der Waals surface area contributed by atoms with Crippen LogP contribution in [-0.4, -0.2) is 0 Å². The fourth-order valence-electron chi connectivity index (χ4n) is 1.64. The quantitative estimate of drug-likeness (QED) is 0.218. The molecular weight excluding hydrogens is 799 g/mol. The molecule has 0 aliphatic carbocycles. The fourth-order valence-corrected chi connectivity index (χ4v) is 6.05. The van der Waals surface area contributed by atoms with Crippen molar-refractivity contribution in [2.75, 3.05) is 0 Å². The molecule has 1 nitrogen and oxygen atoms in total. The molecule has 0 aromatic heterocycles. The van der Waals surface area contributed by atoms with Crippen molar-refractivity contribution in [2.45, 2.75) is 0 Å². The first-order valence-electron chi connectivity index (χ1n) is 5.09. The predicted molar refractivity (Wildman–Crippen MR) is 115 cm³/mol. The first kappa shape index (κ1) is 19.4. The molecule has 0 fully saturated rings. The van der Waals surface area contributed by atoms with Crippen molar-refractivity contribution in [1.29, 1.82) is 0 Å². The summed E-state index contributed by atoms with van der Waals surface area (Å²) < 4.78 is 11.7. The number of hydrogen-bond acceptors (Lipinski definition) is 1. The van der Waals surface area contributed by atoms with Crippen molar-refractivity contribution in [3.05, 3.63) is 43.4 Å². The molecule has 112 valence electrons. The van der Waals surface area contributed by atoms with E-state index in [1.165, 1.54) is 0 Å². The van der Waals surface area contributed by atoms with Crippen molar-refractivity contribution < 1.29 is 3.83 Å². The minimum atomic E-state index is 0.659. The van der Waals surface area contributed by atoms with E-state index in [1.54, 1.807) is 0 Å². The number of hydrogen-bond donors (Lipinski definition) is 0. The highest BCUT2D eigenvalue weighted by molar-refractivity contribution is 9.15. The first-order chi connectivity index (χ1) is 9.81. The van der Waals surface area contributed by atoms with Crippen LogP contribution in [-0.2, 0) is 0 Å². The van der Waals surface area contributed by atoms with Crippen LogP contribution < -0.4 is 3.83 Å². The van der Waals surface area contributed by atoms with Gasteiger partial charge in [0.05, 0.1) is 8.95 Å². The third-order valence-corrected chi connectivity index (χ3v) is 11.0. The van der Waals surface area contributed by atoms with Crippen LogP contribution in [0.2, 0.25) is 0 Å². The highest BCUT2D eigenvalue weighted by Crippen LogP contribution is 2.53. The molecule has 0 radical (unpaired) electrons. The Bertz CT molecular complexity index is 728. The van der Waals surface area contributed by atoms with Crippen LogP contribution in [0.5, 0.6) is 5.75 Å². The molecule has 0 unspecified atom stereocenters. The van der Waals surface area contributed by atoms with E-state index in [0.29, 0.717) is 5.75 Å². The van der Waals surface area contributed by atoms with Gasteiger partial charge in [0, 0.05) is 33.5 Å². The smallest absolute Gasteiger partial charge is 0.179 e. The Morgan fingerprint density at radius 3 is 1.76 bits per heavy atom. The maximum Gasteiger partial charge on any atom is 0.179 e. The van der Waals surface area contributed by atoms with Crippen LogP contribution in [0.15, 0.2) is 43.4 Å². The predicted octanol–water partition coefficient (Wildman–Crippen LogP) is 9.38. The monoisotopic (exact) mass is 793 g/mol. The summed E-state index contributed by atoms with van der Waals surface area (Å²) in [6, 6.07) is 3.97. The molecule has 2 rings (SSSR count). The van der Waals surface area contributed by atoms with Gasteiger partial charge in [-0.3, -0.25) is 0 Å². The van der Waals surface area contributed by atoms with Gasteiger partial charge in [-0.15, -0.1) is 0 Å². The van der Waals surface area contributed by atoms with Gasteiger partial charge in [0.25, 0.3) is 0 Å². The Morgan fingerprint density at radius 2 is 1.19 bits per heavy atom. The van der Waals surface area contributed by atoms with Crippen LogP contribution in [0.3, 0.4) is 0 Å². The molecule has 21 heavy (non-hydrogen) atoms. The van der Waals surface area contributed by atoms with Crippen LogP contribution in [0.4, 0.5) is 0 Å². The second-order valence-electron chi connectivity index (χ2n) is 3.76. The third-order valence-electron chi connectivity index (χ3n) is 2.61. The molecule has 0 bridgehead atoms. The van der Waals surface area contributed by atoms with E-state index >= 15 is 0 Å². The minimum Gasteiger partial charge on any atom is -0.416 e. The lowest BCUT2D eigenvalue weighted by molar-refractivity contribution is 0.674. The largest absolute Gasteiger partial charge is 0.416 e. The van der Waals surface area contributed by atoms with Gasteiger partial charge in [-0.2, -0.15) is 0 Å². The maximum absolute atomic E-state index is 5.41. The van der Waals surface area contributed by atoms with E-state index in [1.807, 2.05) is 12.1 Å². The Hall–Kier alpha value is 2.08. The summed E-state index contributed by atoms with van der Waals surface area (Å²) in [5, 5.41) is 0. The Morgan fingerprint density at radius 1 is 0.619 bits per heavy atom. The topological polar surface area (TPSA) is 9.23 Å². The molecule has 0 N–H and O–H groups in total. The average molecular weight is 801 g/mol. The van der Waals surface area contributed by atoms with E-state index in [-0.39, 0.29) is 0 Å². The second kappa shape index (κ2) is 7.97.